The highest BCUT2D eigenvalue weighted by molar-refractivity contribution is 5.73. The molecule has 2 unspecified atom stereocenters. The maximum Gasteiger partial charge on any atom is 0.278 e. The Kier molecular flexibility index (Phi) is 5.50. The number of allylic oxidation sites excluding steroid dienone is 2. The fourth-order valence-electron chi connectivity index (χ4n) is 3.64. The van der Waals surface area contributed by atoms with Crippen LogP contribution in [0.1, 0.15) is 35.8 Å². The van der Waals surface area contributed by atoms with Crippen LogP contribution in [0.25, 0.3) is 5.69 Å². The Hall–Kier alpha value is -3.62. The maximum absolute atomic E-state index is 13.3. The van der Waals surface area contributed by atoms with Gasteiger partial charge in [0, 0.05) is 38.5 Å². The van der Waals surface area contributed by atoms with Crippen LogP contribution in [0.3, 0.4) is 0 Å². The van der Waals surface area contributed by atoms with Gasteiger partial charge in [-0.05, 0) is 17.2 Å². The second-order valence-electron chi connectivity index (χ2n) is 7.45. The Labute approximate surface area is 178 Å². The van der Waals surface area contributed by atoms with Crippen LogP contribution < -0.4 is 5.43 Å². The average Bonchev–Trinajstić information content (AvgIpc) is 3.20. The molecule has 3 aromatic rings. The van der Waals surface area contributed by atoms with Gasteiger partial charge in [0.15, 0.2) is 0 Å². The molecule has 0 radical (unpaired) electrons. The predicted octanol–water partition coefficient (Wildman–Crippen LogP) is 3.28. The van der Waals surface area contributed by atoms with Gasteiger partial charge in [0.05, 0.1) is 18.1 Å². The van der Waals surface area contributed by atoms with E-state index >= 15 is 0 Å². The molecule has 9 heteroatoms. The van der Waals surface area contributed by atoms with Gasteiger partial charge < -0.3 is 4.90 Å². The third kappa shape index (κ3) is 4.03. The topological polar surface area (TPSA) is 68.3 Å². The van der Waals surface area contributed by atoms with E-state index in [1.807, 2.05) is 31.2 Å². The minimum Gasteiger partial charge on any atom is -0.348 e. The number of halogens is 2. The van der Waals surface area contributed by atoms with Gasteiger partial charge >= 0.3 is 0 Å². The Bertz CT molecular complexity index is 1210. The smallest absolute Gasteiger partial charge is 0.278 e. The summed E-state index contributed by atoms with van der Waals surface area (Å²) in [7, 11) is 3.40. The lowest BCUT2D eigenvalue weighted by atomic mass is 9.94. The van der Waals surface area contributed by atoms with E-state index in [4.69, 9.17) is 0 Å². The molecule has 2 aromatic heterocycles. The van der Waals surface area contributed by atoms with Crippen LogP contribution in [0, 0.1) is 0 Å². The first-order valence-corrected chi connectivity index (χ1v) is 9.78. The van der Waals surface area contributed by atoms with E-state index in [-0.39, 0.29) is 17.0 Å². The van der Waals surface area contributed by atoms with Crippen molar-refractivity contribution in [3.63, 3.8) is 0 Å². The van der Waals surface area contributed by atoms with Crippen LogP contribution in [0.15, 0.2) is 70.5 Å². The maximum atomic E-state index is 13.3. The number of rotatable bonds is 5. The summed E-state index contributed by atoms with van der Waals surface area (Å²) in [5, 5.41) is 8.67. The summed E-state index contributed by atoms with van der Waals surface area (Å²) in [6.45, 7) is 1.90. The second kappa shape index (κ2) is 8.25. The van der Waals surface area contributed by atoms with Crippen molar-refractivity contribution in [2.45, 2.75) is 25.4 Å². The van der Waals surface area contributed by atoms with Crippen molar-refractivity contribution in [2.24, 2.45) is 12.0 Å². The highest BCUT2D eigenvalue weighted by atomic mass is 19.3. The Balaban J connectivity index is 1.67. The highest BCUT2D eigenvalue weighted by Gasteiger charge is 2.26. The summed E-state index contributed by atoms with van der Waals surface area (Å²) in [5.41, 5.74) is 2.49. The average molecular weight is 424 g/mol. The molecular weight excluding hydrogens is 402 g/mol. The van der Waals surface area contributed by atoms with Crippen molar-refractivity contribution in [3.8, 4) is 5.69 Å². The molecule has 31 heavy (non-hydrogen) atoms. The highest BCUT2D eigenvalue weighted by Crippen LogP contribution is 2.31. The van der Waals surface area contributed by atoms with Gasteiger partial charge in [-0.2, -0.15) is 10.2 Å². The minimum absolute atomic E-state index is 0.0810. The summed E-state index contributed by atoms with van der Waals surface area (Å²) in [6.07, 6.45) is 4.67. The second-order valence-corrected chi connectivity index (χ2v) is 7.45. The van der Waals surface area contributed by atoms with E-state index in [9.17, 15) is 13.6 Å². The van der Waals surface area contributed by atoms with Gasteiger partial charge in [-0.25, -0.2) is 13.5 Å². The number of benzene rings is 1. The fraction of sp³-hybridized carbons (Fsp3) is 0.273. The molecule has 2 atom stereocenters. The van der Waals surface area contributed by atoms with Crippen molar-refractivity contribution in [2.75, 3.05) is 7.05 Å². The molecule has 1 aromatic carbocycles. The van der Waals surface area contributed by atoms with Crippen molar-refractivity contribution >= 4 is 6.21 Å². The molecule has 0 amide bonds. The molecule has 0 saturated heterocycles. The summed E-state index contributed by atoms with van der Waals surface area (Å²) in [6, 6.07) is 8.95. The summed E-state index contributed by atoms with van der Waals surface area (Å²) >= 11 is 0. The molecule has 3 heterocycles. The monoisotopic (exact) mass is 424 g/mol. The summed E-state index contributed by atoms with van der Waals surface area (Å²) < 4.78 is 29.9. The fourth-order valence-corrected chi connectivity index (χ4v) is 3.64. The third-order valence-corrected chi connectivity index (χ3v) is 5.38. The van der Waals surface area contributed by atoms with E-state index < -0.39 is 12.6 Å². The Morgan fingerprint density at radius 2 is 1.97 bits per heavy atom. The molecule has 0 saturated carbocycles. The lowest BCUT2D eigenvalue weighted by Gasteiger charge is -2.31. The van der Waals surface area contributed by atoms with Crippen LogP contribution in [-0.2, 0) is 7.05 Å². The van der Waals surface area contributed by atoms with Crippen molar-refractivity contribution < 1.29 is 8.78 Å². The zero-order valence-electron chi connectivity index (χ0n) is 17.4. The number of nitrogens with zero attached hydrogens (tertiary/aromatic N) is 6. The molecule has 160 valence electrons. The summed E-state index contributed by atoms with van der Waals surface area (Å²) in [4.78, 5) is 18.4. The van der Waals surface area contributed by atoms with Crippen molar-refractivity contribution in [1.82, 2.24) is 24.5 Å². The summed E-state index contributed by atoms with van der Waals surface area (Å²) in [5.74, 6) is -0.306. The predicted molar refractivity (Wildman–Crippen MR) is 114 cm³/mol. The molecule has 0 N–H and O–H groups in total. The Morgan fingerprint density at radius 1 is 1.16 bits per heavy atom. The number of aliphatic imine (C=N–C) groups is 1. The Morgan fingerprint density at radius 3 is 2.68 bits per heavy atom. The van der Waals surface area contributed by atoms with Crippen LogP contribution in [0.5, 0.6) is 0 Å². The lowest BCUT2D eigenvalue weighted by Crippen LogP contribution is -2.29. The quantitative estimate of drug-likeness (QED) is 0.630. The van der Waals surface area contributed by atoms with Gasteiger partial charge in [-0.15, -0.1) is 0 Å². The van der Waals surface area contributed by atoms with Crippen LogP contribution in [0.2, 0.25) is 0 Å². The molecule has 0 fully saturated rings. The zero-order valence-corrected chi connectivity index (χ0v) is 17.4. The standard InChI is InChI=1S/C22H22F2N6O/c1-14(20-19(31)8-10-30(27-20)17-12-26-28(2)13-17)15-5-4-6-16(11-15)22-25-9-7-18(21(23)24)29(22)3/h4-14,21-22H,1-3H3. The van der Waals surface area contributed by atoms with Gasteiger partial charge in [-0.3, -0.25) is 14.5 Å². The molecule has 4 rings (SSSR count). The van der Waals surface area contributed by atoms with E-state index in [0.29, 0.717) is 5.69 Å². The first-order valence-electron chi connectivity index (χ1n) is 9.78. The minimum atomic E-state index is -2.58. The molecule has 0 aliphatic carbocycles. The first-order chi connectivity index (χ1) is 14.8. The number of hydrogen-bond donors (Lipinski definition) is 0. The van der Waals surface area contributed by atoms with Crippen LogP contribution in [-0.4, -0.2) is 44.1 Å². The number of alkyl halides is 2. The van der Waals surface area contributed by atoms with E-state index in [1.165, 1.54) is 23.3 Å². The van der Waals surface area contributed by atoms with Crippen molar-refractivity contribution in [3.05, 3.63) is 87.7 Å². The van der Waals surface area contributed by atoms with Crippen LogP contribution in [0.4, 0.5) is 8.78 Å². The van der Waals surface area contributed by atoms with Gasteiger partial charge in [0.25, 0.3) is 6.43 Å². The SMILES string of the molecule is CC(c1cccc(C2N=CC=C(C(F)F)N2C)c1)c1nn(-c2cnn(C)c2)ccc1=O. The largest absolute Gasteiger partial charge is 0.348 e. The molecule has 7 nitrogen and oxygen atoms in total. The van der Waals surface area contributed by atoms with E-state index in [0.717, 1.165) is 16.8 Å². The van der Waals surface area contributed by atoms with Crippen LogP contribution >= 0.6 is 0 Å². The molecule has 1 aliphatic heterocycles. The first kappa shape index (κ1) is 20.6. The number of aromatic nitrogens is 4. The third-order valence-electron chi connectivity index (χ3n) is 5.38. The zero-order chi connectivity index (χ0) is 22.1. The molecular formula is C22H22F2N6O. The lowest BCUT2D eigenvalue weighted by molar-refractivity contribution is 0.132. The van der Waals surface area contributed by atoms with Gasteiger partial charge in [0.1, 0.15) is 17.5 Å². The molecule has 0 spiro atoms. The van der Waals surface area contributed by atoms with Crippen molar-refractivity contribution in [1.29, 1.82) is 0 Å². The molecule has 1 aliphatic rings. The number of aryl methyl sites for hydroxylation is 1. The van der Waals surface area contributed by atoms with Gasteiger partial charge in [0.2, 0.25) is 5.43 Å². The van der Waals surface area contributed by atoms with Gasteiger partial charge in [-0.1, -0.05) is 31.2 Å². The number of hydrogen-bond acceptors (Lipinski definition) is 5. The molecule has 0 bridgehead atoms. The van der Waals surface area contributed by atoms with E-state index in [2.05, 4.69) is 15.2 Å². The normalized spacial score (nSPS) is 17.2. The van der Waals surface area contributed by atoms with E-state index in [1.54, 1.807) is 42.0 Å².